The van der Waals surface area contributed by atoms with Crippen molar-refractivity contribution in [1.29, 1.82) is 0 Å². The van der Waals surface area contributed by atoms with Gasteiger partial charge in [0.1, 0.15) is 5.69 Å². The number of β-amino-alcohol motifs (C(OH)–C–C–N with tert-alkyl or cyclic N) is 1. The van der Waals surface area contributed by atoms with Gasteiger partial charge >= 0.3 is 0 Å². The molecular formula is C12H10Cl2N2O2. The molecule has 6 heteroatoms. The van der Waals surface area contributed by atoms with E-state index in [4.69, 9.17) is 23.2 Å². The fourth-order valence-electron chi connectivity index (χ4n) is 2.06. The smallest absolute Gasteiger partial charge is 0.272 e. The van der Waals surface area contributed by atoms with Gasteiger partial charge in [-0.2, -0.15) is 0 Å². The highest BCUT2D eigenvalue weighted by atomic mass is 35.5. The summed E-state index contributed by atoms with van der Waals surface area (Å²) in [4.78, 5) is 16.6. The van der Waals surface area contributed by atoms with Crippen LogP contribution in [0.15, 0.2) is 18.2 Å². The van der Waals surface area contributed by atoms with E-state index in [9.17, 15) is 9.90 Å². The van der Waals surface area contributed by atoms with Gasteiger partial charge in [0.05, 0.1) is 11.1 Å². The summed E-state index contributed by atoms with van der Waals surface area (Å²) in [7, 11) is 0. The number of hydrogen-bond acceptors (Lipinski definition) is 2. The van der Waals surface area contributed by atoms with Gasteiger partial charge in [-0.25, -0.2) is 0 Å². The van der Waals surface area contributed by atoms with Gasteiger partial charge in [-0.05, 0) is 18.2 Å². The molecule has 1 amide bonds. The van der Waals surface area contributed by atoms with E-state index in [-0.39, 0.29) is 5.91 Å². The standard InChI is InChI=1S/C12H10Cl2N2O2/c13-6-1-2-9-8(3-6)10(14)11(15-9)12(18)16-4-7(17)5-16/h1-3,7,15,17H,4-5H2. The Bertz CT molecular complexity index is 632. The first-order valence-corrected chi connectivity index (χ1v) is 6.26. The number of aromatic amines is 1. The minimum atomic E-state index is -0.424. The van der Waals surface area contributed by atoms with E-state index < -0.39 is 6.10 Å². The summed E-state index contributed by atoms with van der Waals surface area (Å²) in [5.74, 6) is -0.197. The number of aromatic nitrogens is 1. The molecule has 0 spiro atoms. The number of aliphatic hydroxyl groups is 1. The Balaban J connectivity index is 2.02. The molecule has 3 rings (SSSR count). The second-order valence-corrected chi connectivity index (χ2v) is 5.18. The van der Waals surface area contributed by atoms with E-state index in [1.54, 1.807) is 23.1 Å². The number of benzene rings is 1. The molecule has 1 aromatic heterocycles. The third-order valence-corrected chi connectivity index (χ3v) is 3.69. The minimum absolute atomic E-state index is 0.197. The fourth-order valence-corrected chi connectivity index (χ4v) is 2.51. The van der Waals surface area contributed by atoms with Crippen LogP contribution in [-0.2, 0) is 0 Å². The zero-order valence-electron chi connectivity index (χ0n) is 9.28. The Labute approximate surface area is 113 Å². The Morgan fingerprint density at radius 3 is 2.78 bits per heavy atom. The highest BCUT2D eigenvalue weighted by molar-refractivity contribution is 6.39. The lowest BCUT2D eigenvalue weighted by molar-refractivity contribution is 0.00558. The van der Waals surface area contributed by atoms with Crippen molar-refractivity contribution >= 4 is 40.0 Å². The van der Waals surface area contributed by atoms with E-state index >= 15 is 0 Å². The van der Waals surface area contributed by atoms with Crippen molar-refractivity contribution < 1.29 is 9.90 Å². The summed E-state index contributed by atoms with van der Waals surface area (Å²) in [5, 5.41) is 10.9. The Morgan fingerprint density at radius 1 is 1.39 bits per heavy atom. The molecule has 94 valence electrons. The van der Waals surface area contributed by atoms with Crippen LogP contribution < -0.4 is 0 Å². The number of rotatable bonds is 1. The quantitative estimate of drug-likeness (QED) is 0.844. The average Bonchev–Trinajstić information content (AvgIpc) is 2.62. The zero-order chi connectivity index (χ0) is 12.9. The molecule has 1 aliphatic rings. The van der Waals surface area contributed by atoms with Crippen LogP contribution in [0.4, 0.5) is 0 Å². The predicted octanol–water partition coefficient (Wildman–Crippen LogP) is 2.29. The van der Waals surface area contributed by atoms with Gasteiger partial charge in [0.25, 0.3) is 5.91 Å². The Hall–Kier alpha value is -1.23. The largest absolute Gasteiger partial charge is 0.389 e. The van der Waals surface area contributed by atoms with Gasteiger partial charge in [-0.3, -0.25) is 4.79 Å². The van der Waals surface area contributed by atoms with Crippen molar-refractivity contribution in [2.75, 3.05) is 13.1 Å². The lowest BCUT2D eigenvalue weighted by atomic mass is 10.1. The van der Waals surface area contributed by atoms with Gasteiger partial charge in [0.15, 0.2) is 0 Å². The van der Waals surface area contributed by atoms with E-state index in [1.807, 2.05) is 0 Å². The van der Waals surface area contributed by atoms with Crippen LogP contribution in [0.25, 0.3) is 10.9 Å². The third kappa shape index (κ3) is 1.77. The molecule has 2 aromatic rings. The Kier molecular flexibility index (Phi) is 2.73. The van der Waals surface area contributed by atoms with Crippen molar-refractivity contribution in [2.24, 2.45) is 0 Å². The molecule has 2 N–H and O–H groups in total. The van der Waals surface area contributed by atoms with Crippen molar-refractivity contribution in [3.8, 4) is 0 Å². The summed E-state index contributed by atoms with van der Waals surface area (Å²) < 4.78 is 0. The number of likely N-dealkylation sites (tertiary alicyclic amines) is 1. The third-order valence-electron chi connectivity index (χ3n) is 3.06. The number of fused-ring (bicyclic) bond motifs is 1. The van der Waals surface area contributed by atoms with Crippen LogP contribution in [0.2, 0.25) is 10.0 Å². The van der Waals surface area contributed by atoms with Gasteiger partial charge in [0, 0.05) is 29.0 Å². The molecule has 1 saturated heterocycles. The molecule has 0 radical (unpaired) electrons. The molecule has 18 heavy (non-hydrogen) atoms. The van der Waals surface area contributed by atoms with Crippen LogP contribution in [0.5, 0.6) is 0 Å². The second-order valence-electron chi connectivity index (χ2n) is 4.37. The molecule has 4 nitrogen and oxygen atoms in total. The highest BCUT2D eigenvalue weighted by Gasteiger charge is 2.31. The van der Waals surface area contributed by atoms with Crippen LogP contribution in [0.1, 0.15) is 10.5 Å². The maximum atomic E-state index is 12.1. The molecule has 0 atom stereocenters. The first-order valence-electron chi connectivity index (χ1n) is 5.50. The van der Waals surface area contributed by atoms with E-state index in [2.05, 4.69) is 4.98 Å². The van der Waals surface area contributed by atoms with Crippen LogP contribution >= 0.6 is 23.2 Å². The summed E-state index contributed by atoms with van der Waals surface area (Å²) in [5.41, 5.74) is 1.12. The maximum absolute atomic E-state index is 12.1. The molecule has 0 aliphatic carbocycles. The average molecular weight is 285 g/mol. The molecular weight excluding hydrogens is 275 g/mol. The predicted molar refractivity (Wildman–Crippen MR) is 70.2 cm³/mol. The number of nitrogens with one attached hydrogen (secondary N) is 1. The zero-order valence-corrected chi connectivity index (χ0v) is 10.8. The lowest BCUT2D eigenvalue weighted by Gasteiger charge is -2.35. The second kappa shape index (κ2) is 4.16. The summed E-state index contributed by atoms with van der Waals surface area (Å²) in [6.45, 7) is 0.705. The minimum Gasteiger partial charge on any atom is -0.389 e. The van der Waals surface area contributed by atoms with Crippen molar-refractivity contribution in [2.45, 2.75) is 6.10 Å². The number of halogens is 2. The topological polar surface area (TPSA) is 56.3 Å². The fraction of sp³-hybridized carbons (Fsp3) is 0.250. The summed E-state index contributed by atoms with van der Waals surface area (Å²) >= 11 is 12.1. The van der Waals surface area contributed by atoms with Crippen molar-refractivity contribution in [3.05, 3.63) is 33.9 Å². The summed E-state index contributed by atoms with van der Waals surface area (Å²) in [6, 6.07) is 5.24. The number of amides is 1. The molecule has 0 unspecified atom stereocenters. The molecule has 0 bridgehead atoms. The van der Waals surface area contributed by atoms with Crippen molar-refractivity contribution in [1.82, 2.24) is 9.88 Å². The normalized spacial score (nSPS) is 16.1. The van der Waals surface area contributed by atoms with Crippen LogP contribution in [0, 0.1) is 0 Å². The summed E-state index contributed by atoms with van der Waals surface area (Å²) in [6.07, 6.45) is -0.424. The van der Waals surface area contributed by atoms with E-state index in [1.165, 1.54) is 0 Å². The lowest BCUT2D eigenvalue weighted by Crippen LogP contribution is -2.53. The molecule has 1 fully saturated rings. The first kappa shape index (κ1) is 11.8. The SMILES string of the molecule is O=C(c1[nH]c2ccc(Cl)cc2c1Cl)N1CC(O)C1. The van der Waals surface area contributed by atoms with Crippen LogP contribution in [-0.4, -0.2) is 40.1 Å². The van der Waals surface area contributed by atoms with Gasteiger partial charge < -0.3 is 15.0 Å². The number of hydrogen-bond donors (Lipinski definition) is 2. The maximum Gasteiger partial charge on any atom is 0.272 e. The molecule has 1 aromatic carbocycles. The van der Waals surface area contributed by atoms with E-state index in [0.29, 0.717) is 28.8 Å². The Morgan fingerprint density at radius 2 is 2.11 bits per heavy atom. The number of aliphatic hydroxyl groups excluding tert-OH is 1. The van der Waals surface area contributed by atoms with Gasteiger partial charge in [0.2, 0.25) is 0 Å². The van der Waals surface area contributed by atoms with Gasteiger partial charge in [-0.1, -0.05) is 23.2 Å². The first-order chi connectivity index (χ1) is 8.56. The van der Waals surface area contributed by atoms with Gasteiger partial charge in [-0.15, -0.1) is 0 Å². The van der Waals surface area contributed by atoms with E-state index in [0.717, 1.165) is 10.9 Å². The molecule has 2 heterocycles. The molecule has 0 saturated carbocycles. The molecule has 1 aliphatic heterocycles. The number of nitrogens with zero attached hydrogens (tertiary/aromatic N) is 1. The van der Waals surface area contributed by atoms with Crippen molar-refractivity contribution in [3.63, 3.8) is 0 Å². The highest BCUT2D eigenvalue weighted by Crippen LogP contribution is 2.31. The van der Waals surface area contributed by atoms with Crippen LogP contribution in [0.3, 0.4) is 0 Å². The number of carbonyl (C=O) groups excluding carboxylic acids is 1. The monoisotopic (exact) mass is 284 g/mol. The number of H-pyrrole nitrogens is 1. The number of carbonyl (C=O) groups is 1.